The van der Waals surface area contributed by atoms with Crippen LogP contribution in [0.2, 0.25) is 0 Å². The Morgan fingerprint density at radius 2 is 1.38 bits per heavy atom. The van der Waals surface area contributed by atoms with Crippen molar-refractivity contribution in [3.8, 4) is 0 Å². The molecule has 0 fully saturated rings. The van der Waals surface area contributed by atoms with Gasteiger partial charge in [0.05, 0.1) is 25.0 Å². The quantitative estimate of drug-likeness (QED) is 0.0834. The number of rotatable bonds is 9. The summed E-state index contributed by atoms with van der Waals surface area (Å²) in [5.74, 6) is 4.09. The number of hydrazone groups is 1. The van der Waals surface area contributed by atoms with Gasteiger partial charge < -0.3 is 17.3 Å². The predicted molar refractivity (Wildman–Crippen MR) is 141 cm³/mol. The Morgan fingerprint density at radius 3 is 1.78 bits per heavy atom. The van der Waals surface area contributed by atoms with Crippen molar-refractivity contribution in [2.24, 2.45) is 32.6 Å². The van der Waals surface area contributed by atoms with E-state index >= 15 is 0 Å². The van der Waals surface area contributed by atoms with Crippen LogP contribution in [-0.2, 0) is 9.68 Å². The van der Waals surface area contributed by atoms with Gasteiger partial charge in [-0.1, -0.05) is 38.1 Å². The molecule has 0 aliphatic carbocycles. The van der Waals surface area contributed by atoms with Crippen molar-refractivity contribution >= 4 is 24.4 Å². The second-order valence-corrected chi connectivity index (χ2v) is 7.20. The molecule has 0 atom stereocenters. The lowest BCUT2D eigenvalue weighted by Gasteiger charge is -2.02. The first kappa shape index (κ1) is 32.9. The van der Waals surface area contributed by atoms with Crippen molar-refractivity contribution in [2.75, 3.05) is 13.2 Å². The third-order valence-electron chi connectivity index (χ3n) is 4.12. The molecule has 0 spiro atoms. The molecule has 0 amide bonds. The minimum absolute atomic E-state index is 0.0219. The zero-order chi connectivity index (χ0) is 28.1. The van der Waals surface area contributed by atoms with E-state index in [1.54, 1.807) is 38.1 Å². The molecule has 11 nitrogen and oxygen atoms in total. The highest BCUT2D eigenvalue weighted by atomic mass is 19.1. The van der Waals surface area contributed by atoms with Crippen LogP contribution in [0.4, 0.5) is 8.78 Å². The van der Waals surface area contributed by atoms with E-state index in [4.69, 9.17) is 27.0 Å². The maximum Gasteiger partial charge on any atom is 0.237 e. The molecule has 0 saturated carbocycles. The van der Waals surface area contributed by atoms with Gasteiger partial charge in [-0.15, -0.1) is 10.2 Å². The Balaban J connectivity index is 0.000000577. The van der Waals surface area contributed by atoms with Crippen LogP contribution in [0, 0.1) is 25.5 Å². The standard InChI is InChI=1S/C12H17FN4O.C8H7FO.C4H12N4O/c1-3-7-18-17-12(14)16-15-8-10-9(2)5-4-6-11(10)13;1-6-3-2-4-8(9)7(6)5-10;1-2-3-9-8-4(5)7-6/h4-6,8H,3,7H2,1-2H3,(H3,14,16,17);2-5H,1H3;2-3,6H2,1H3,(H3,5,7,8)/b15-8+;;. The number of halogens is 2. The summed E-state index contributed by atoms with van der Waals surface area (Å²) in [5.41, 5.74) is 17.3. The molecule has 0 radical (unpaired) electrons. The number of guanidine groups is 2. The maximum atomic E-state index is 13.4. The van der Waals surface area contributed by atoms with E-state index in [9.17, 15) is 13.6 Å². The highest BCUT2D eigenvalue weighted by Crippen LogP contribution is 2.10. The number of aldehydes is 1. The maximum absolute atomic E-state index is 13.4. The summed E-state index contributed by atoms with van der Waals surface area (Å²) in [5, 5.41) is 10.5. The van der Waals surface area contributed by atoms with Gasteiger partial charge in [0.1, 0.15) is 11.6 Å². The Hall–Kier alpha value is -4.10. The molecule has 37 heavy (non-hydrogen) atoms. The molecule has 0 aliphatic heterocycles. The average Bonchev–Trinajstić information content (AvgIpc) is 2.87. The van der Waals surface area contributed by atoms with Crippen LogP contribution in [0.15, 0.2) is 51.7 Å². The first-order valence-electron chi connectivity index (χ1n) is 11.3. The largest absolute Gasteiger partial charge is 0.367 e. The van der Waals surface area contributed by atoms with Crippen molar-refractivity contribution in [2.45, 2.75) is 40.5 Å². The van der Waals surface area contributed by atoms with Crippen LogP contribution in [0.25, 0.3) is 0 Å². The van der Waals surface area contributed by atoms with E-state index in [0.717, 1.165) is 18.4 Å². The number of benzene rings is 2. The lowest BCUT2D eigenvalue weighted by atomic mass is 10.1. The summed E-state index contributed by atoms with van der Waals surface area (Å²) in [7, 11) is 0. The number of hydrogen-bond donors (Lipinski definition) is 5. The summed E-state index contributed by atoms with van der Waals surface area (Å²) in [6.45, 7) is 8.56. The summed E-state index contributed by atoms with van der Waals surface area (Å²) < 4.78 is 26.0. The SMILES string of the molecule is CCCONC(N)=N/N=C/c1c(C)cccc1F.CCCONC(N)=NN.Cc1cccc(F)c1C=O. The minimum Gasteiger partial charge on any atom is -0.367 e. The fraction of sp³-hybridized carbons (Fsp3) is 0.333. The minimum atomic E-state index is -0.449. The van der Waals surface area contributed by atoms with Crippen molar-refractivity contribution < 1.29 is 23.3 Å². The van der Waals surface area contributed by atoms with Crippen molar-refractivity contribution in [1.82, 2.24) is 11.0 Å². The third-order valence-corrected chi connectivity index (χ3v) is 4.12. The third kappa shape index (κ3) is 14.8. The first-order valence-corrected chi connectivity index (χ1v) is 11.3. The zero-order valence-electron chi connectivity index (χ0n) is 21.5. The van der Waals surface area contributed by atoms with E-state index in [-0.39, 0.29) is 23.3 Å². The van der Waals surface area contributed by atoms with Gasteiger partial charge in [-0.05, 0) is 49.9 Å². The lowest BCUT2D eigenvalue weighted by molar-refractivity contribution is 0.0845. The van der Waals surface area contributed by atoms with E-state index in [1.165, 1.54) is 18.3 Å². The normalized spacial score (nSPS) is 11.2. The van der Waals surface area contributed by atoms with Gasteiger partial charge in [-0.25, -0.2) is 19.7 Å². The van der Waals surface area contributed by atoms with Gasteiger partial charge in [0.15, 0.2) is 6.29 Å². The van der Waals surface area contributed by atoms with Gasteiger partial charge in [0.2, 0.25) is 11.9 Å². The van der Waals surface area contributed by atoms with Crippen LogP contribution in [0.3, 0.4) is 0 Å². The molecule has 13 heteroatoms. The topological polar surface area (TPSA) is 175 Å². The first-order chi connectivity index (χ1) is 17.7. The summed E-state index contributed by atoms with van der Waals surface area (Å²) in [4.78, 5) is 19.9. The zero-order valence-corrected chi connectivity index (χ0v) is 21.5. The van der Waals surface area contributed by atoms with Crippen molar-refractivity contribution in [3.05, 3.63) is 70.3 Å². The van der Waals surface area contributed by atoms with Crippen molar-refractivity contribution in [1.29, 1.82) is 0 Å². The van der Waals surface area contributed by atoms with Crippen LogP contribution in [0.5, 0.6) is 0 Å². The molecule has 2 rings (SSSR count). The number of hydrogen-bond acceptors (Lipinski definition) is 7. The van der Waals surface area contributed by atoms with Crippen LogP contribution in [-0.4, -0.2) is 37.6 Å². The molecule has 204 valence electrons. The predicted octanol–water partition coefficient (Wildman–Crippen LogP) is 2.77. The Bertz CT molecular complexity index is 993. The molecule has 0 aliphatic rings. The Kier molecular flexibility index (Phi) is 17.9. The van der Waals surface area contributed by atoms with E-state index in [1.807, 2.05) is 13.8 Å². The second-order valence-electron chi connectivity index (χ2n) is 7.20. The summed E-state index contributed by atoms with van der Waals surface area (Å²) in [6, 6.07) is 9.35. The molecule has 0 bridgehead atoms. The van der Waals surface area contributed by atoms with Crippen LogP contribution < -0.4 is 28.3 Å². The summed E-state index contributed by atoms with van der Waals surface area (Å²) >= 11 is 0. The Labute approximate surface area is 215 Å². The number of hydroxylamine groups is 2. The number of nitrogens with one attached hydrogen (secondary N) is 2. The van der Waals surface area contributed by atoms with E-state index in [2.05, 4.69) is 26.3 Å². The molecule has 0 unspecified atom stereocenters. The smallest absolute Gasteiger partial charge is 0.237 e. The van der Waals surface area contributed by atoms with Gasteiger partial charge in [-0.2, -0.15) is 5.10 Å². The number of nitrogens with two attached hydrogens (primary N) is 3. The number of carbonyl (C=O) groups is 1. The average molecular weight is 523 g/mol. The van der Waals surface area contributed by atoms with E-state index in [0.29, 0.717) is 30.6 Å². The van der Waals surface area contributed by atoms with Gasteiger partial charge >= 0.3 is 0 Å². The molecular formula is C24H36F2N8O3. The molecule has 8 N–H and O–H groups in total. The Morgan fingerprint density at radius 1 is 0.892 bits per heavy atom. The van der Waals surface area contributed by atoms with Crippen LogP contribution in [0.1, 0.15) is 53.7 Å². The molecule has 2 aromatic carbocycles. The fourth-order valence-corrected chi connectivity index (χ4v) is 2.25. The molecule has 0 heterocycles. The molecular weight excluding hydrogens is 486 g/mol. The molecule has 0 saturated heterocycles. The second kappa shape index (κ2) is 20.1. The van der Waals surface area contributed by atoms with Gasteiger partial charge in [-0.3, -0.25) is 14.5 Å². The van der Waals surface area contributed by atoms with Gasteiger partial charge in [0.25, 0.3) is 0 Å². The van der Waals surface area contributed by atoms with Crippen LogP contribution >= 0.6 is 0 Å². The molecule has 0 aromatic heterocycles. The highest BCUT2D eigenvalue weighted by Gasteiger charge is 2.02. The summed E-state index contributed by atoms with van der Waals surface area (Å²) in [6.07, 6.45) is 3.63. The highest BCUT2D eigenvalue weighted by molar-refractivity contribution is 5.83. The van der Waals surface area contributed by atoms with Gasteiger partial charge in [0, 0.05) is 5.56 Å². The monoisotopic (exact) mass is 522 g/mol. The number of carbonyl (C=O) groups excluding carboxylic acids is 1. The van der Waals surface area contributed by atoms with Crippen molar-refractivity contribution in [3.63, 3.8) is 0 Å². The number of aryl methyl sites for hydroxylation is 2. The molecule has 2 aromatic rings. The van der Waals surface area contributed by atoms with E-state index < -0.39 is 5.82 Å². The lowest BCUT2D eigenvalue weighted by Crippen LogP contribution is -2.32. The fourth-order valence-electron chi connectivity index (χ4n) is 2.25. The number of nitrogens with zero attached hydrogens (tertiary/aromatic N) is 3.